The van der Waals surface area contributed by atoms with Crippen molar-refractivity contribution >= 4 is 40.5 Å². The summed E-state index contributed by atoms with van der Waals surface area (Å²) in [4.78, 5) is 26.0. The number of benzene rings is 2. The second-order valence-electron chi connectivity index (χ2n) is 7.56. The van der Waals surface area contributed by atoms with Crippen LogP contribution in [0.5, 0.6) is 5.75 Å². The fourth-order valence-corrected chi connectivity index (χ4v) is 4.30. The molecule has 10 heteroatoms. The van der Waals surface area contributed by atoms with E-state index in [4.69, 9.17) is 32.7 Å². The smallest absolute Gasteiger partial charge is 0.270 e. The quantitative estimate of drug-likeness (QED) is 0.505. The maximum Gasteiger partial charge on any atom is 0.270 e. The zero-order chi connectivity index (χ0) is 22.0. The normalized spacial score (nSPS) is 18.7. The minimum Gasteiger partial charge on any atom is -0.467 e. The molecule has 1 fully saturated rings. The summed E-state index contributed by atoms with van der Waals surface area (Å²) in [5.41, 5.74) is 1.88. The average Bonchev–Trinajstić information content (AvgIpc) is 2.76. The van der Waals surface area contributed by atoms with E-state index in [0.717, 1.165) is 12.8 Å². The van der Waals surface area contributed by atoms with E-state index in [1.54, 1.807) is 18.2 Å². The SMILES string of the molecule is O=C(Nc1ccc(Cl)c(Cl)c1)C1CCCCN1Cc1cc([N+](=O)[O-])cc2c1OCOC2. The highest BCUT2D eigenvalue weighted by molar-refractivity contribution is 6.42. The molecule has 1 atom stereocenters. The highest BCUT2D eigenvalue weighted by Gasteiger charge is 2.31. The number of hydrogen-bond donors (Lipinski definition) is 1. The molecule has 2 heterocycles. The lowest BCUT2D eigenvalue weighted by Gasteiger charge is -2.35. The summed E-state index contributed by atoms with van der Waals surface area (Å²) < 4.78 is 10.9. The van der Waals surface area contributed by atoms with E-state index in [-0.39, 0.29) is 31.0 Å². The molecular formula is C21H21Cl2N3O5. The number of nitro benzene ring substituents is 1. The molecular weight excluding hydrogens is 445 g/mol. The number of anilines is 1. The standard InChI is InChI=1S/C21H21Cl2N3O5/c22-17-5-4-15(9-18(17)23)24-21(27)19-3-1-2-6-25(19)10-13-7-16(26(28)29)8-14-11-30-12-31-20(13)14/h4-5,7-9,19H,1-3,6,10-12H2,(H,24,27). The van der Waals surface area contributed by atoms with Crippen molar-refractivity contribution in [3.05, 3.63) is 61.6 Å². The van der Waals surface area contributed by atoms with Crippen LogP contribution in [0.15, 0.2) is 30.3 Å². The van der Waals surface area contributed by atoms with Gasteiger partial charge in [0.1, 0.15) is 5.75 Å². The Hall–Kier alpha value is -2.39. The van der Waals surface area contributed by atoms with Crippen molar-refractivity contribution < 1.29 is 19.2 Å². The lowest BCUT2D eigenvalue weighted by Crippen LogP contribution is -2.46. The molecule has 0 saturated carbocycles. The second-order valence-corrected chi connectivity index (χ2v) is 8.38. The van der Waals surface area contributed by atoms with Gasteiger partial charge in [0.2, 0.25) is 5.91 Å². The van der Waals surface area contributed by atoms with Crippen molar-refractivity contribution in [3.8, 4) is 5.75 Å². The van der Waals surface area contributed by atoms with Gasteiger partial charge in [-0.25, -0.2) is 0 Å². The van der Waals surface area contributed by atoms with E-state index in [9.17, 15) is 14.9 Å². The Morgan fingerprint density at radius 2 is 2.06 bits per heavy atom. The first-order chi connectivity index (χ1) is 14.9. The van der Waals surface area contributed by atoms with Crippen LogP contribution in [-0.4, -0.2) is 35.1 Å². The van der Waals surface area contributed by atoms with Gasteiger partial charge in [-0.3, -0.25) is 19.8 Å². The monoisotopic (exact) mass is 465 g/mol. The molecule has 1 unspecified atom stereocenters. The first-order valence-corrected chi connectivity index (χ1v) is 10.7. The highest BCUT2D eigenvalue weighted by atomic mass is 35.5. The second kappa shape index (κ2) is 9.40. The number of piperidine rings is 1. The number of carbonyl (C=O) groups excluding carboxylic acids is 1. The third-order valence-electron chi connectivity index (χ3n) is 5.46. The molecule has 2 aliphatic rings. The van der Waals surface area contributed by atoms with Crippen LogP contribution in [0.1, 0.15) is 30.4 Å². The number of non-ortho nitro benzene ring substituents is 1. The lowest BCUT2D eigenvalue weighted by atomic mass is 9.99. The Bertz CT molecular complexity index is 1020. The molecule has 1 saturated heterocycles. The maximum atomic E-state index is 13.0. The highest BCUT2D eigenvalue weighted by Crippen LogP contribution is 2.35. The number of ether oxygens (including phenoxy) is 2. The molecule has 0 spiro atoms. The number of nitro groups is 1. The van der Waals surface area contributed by atoms with Gasteiger partial charge in [-0.15, -0.1) is 0 Å². The topological polar surface area (TPSA) is 93.9 Å². The molecule has 0 bridgehead atoms. The van der Waals surface area contributed by atoms with Crippen molar-refractivity contribution in [2.45, 2.75) is 38.5 Å². The minimum atomic E-state index is -0.428. The molecule has 8 nitrogen and oxygen atoms in total. The molecule has 0 aliphatic carbocycles. The third kappa shape index (κ3) is 4.93. The molecule has 2 aliphatic heterocycles. The van der Waals surface area contributed by atoms with Gasteiger partial charge < -0.3 is 14.8 Å². The molecule has 2 aromatic rings. The van der Waals surface area contributed by atoms with Crippen molar-refractivity contribution in [2.75, 3.05) is 18.7 Å². The zero-order valence-electron chi connectivity index (χ0n) is 16.6. The average molecular weight is 466 g/mol. The van der Waals surface area contributed by atoms with Crippen LogP contribution in [0, 0.1) is 10.1 Å². The van der Waals surface area contributed by atoms with Crippen LogP contribution in [0.3, 0.4) is 0 Å². The summed E-state index contributed by atoms with van der Waals surface area (Å²) in [6.45, 7) is 1.42. The van der Waals surface area contributed by atoms with Crippen molar-refractivity contribution in [1.29, 1.82) is 0 Å². The molecule has 1 amide bonds. The van der Waals surface area contributed by atoms with Gasteiger partial charge in [0.25, 0.3) is 5.69 Å². The molecule has 31 heavy (non-hydrogen) atoms. The maximum absolute atomic E-state index is 13.0. The number of nitrogens with zero attached hydrogens (tertiary/aromatic N) is 2. The number of halogens is 2. The number of amides is 1. The Balaban J connectivity index is 1.56. The number of carbonyl (C=O) groups is 1. The Morgan fingerprint density at radius 1 is 1.23 bits per heavy atom. The summed E-state index contributed by atoms with van der Waals surface area (Å²) in [6.07, 6.45) is 2.55. The summed E-state index contributed by atoms with van der Waals surface area (Å²) in [7, 11) is 0. The third-order valence-corrected chi connectivity index (χ3v) is 6.20. The van der Waals surface area contributed by atoms with Crippen LogP contribution in [0.2, 0.25) is 10.0 Å². The van der Waals surface area contributed by atoms with Gasteiger partial charge in [0.05, 0.1) is 27.6 Å². The van der Waals surface area contributed by atoms with E-state index in [1.165, 1.54) is 12.1 Å². The first-order valence-electron chi connectivity index (χ1n) is 9.93. The molecule has 164 valence electrons. The Labute approximate surface area is 189 Å². The van der Waals surface area contributed by atoms with Gasteiger partial charge in [0.15, 0.2) is 6.79 Å². The Kier molecular flexibility index (Phi) is 6.62. The van der Waals surface area contributed by atoms with Crippen molar-refractivity contribution in [3.63, 3.8) is 0 Å². The van der Waals surface area contributed by atoms with Crippen molar-refractivity contribution in [2.24, 2.45) is 0 Å². The number of likely N-dealkylation sites (tertiary alicyclic amines) is 1. The lowest BCUT2D eigenvalue weighted by molar-refractivity contribution is -0.385. The van der Waals surface area contributed by atoms with Crippen LogP contribution >= 0.6 is 23.2 Å². The fourth-order valence-electron chi connectivity index (χ4n) is 4.00. The van der Waals surface area contributed by atoms with Gasteiger partial charge in [-0.1, -0.05) is 29.6 Å². The minimum absolute atomic E-state index is 0.0170. The summed E-state index contributed by atoms with van der Waals surface area (Å²) in [6, 6.07) is 7.56. The number of nitrogens with one attached hydrogen (secondary N) is 1. The van der Waals surface area contributed by atoms with E-state index in [0.29, 0.717) is 52.1 Å². The summed E-state index contributed by atoms with van der Waals surface area (Å²) in [5.74, 6) is 0.452. The van der Waals surface area contributed by atoms with Crippen LogP contribution in [0.25, 0.3) is 0 Å². The van der Waals surface area contributed by atoms with E-state index < -0.39 is 4.92 Å². The van der Waals surface area contributed by atoms with Gasteiger partial charge >= 0.3 is 0 Å². The number of rotatable bonds is 5. The van der Waals surface area contributed by atoms with E-state index in [1.807, 2.05) is 4.90 Å². The molecule has 0 radical (unpaired) electrons. The van der Waals surface area contributed by atoms with Gasteiger partial charge in [-0.2, -0.15) is 0 Å². The fraction of sp³-hybridized carbons (Fsp3) is 0.381. The molecule has 1 N–H and O–H groups in total. The van der Waals surface area contributed by atoms with Crippen LogP contribution in [-0.2, 0) is 22.7 Å². The number of fused-ring (bicyclic) bond motifs is 1. The van der Waals surface area contributed by atoms with Crippen LogP contribution in [0.4, 0.5) is 11.4 Å². The molecule has 2 aromatic carbocycles. The summed E-state index contributed by atoms with van der Waals surface area (Å²) >= 11 is 12.0. The molecule has 0 aromatic heterocycles. The molecule has 4 rings (SSSR count). The van der Waals surface area contributed by atoms with Gasteiger partial charge in [-0.05, 0) is 37.6 Å². The zero-order valence-corrected chi connectivity index (χ0v) is 18.1. The predicted octanol–water partition coefficient (Wildman–Crippen LogP) is 4.76. The largest absolute Gasteiger partial charge is 0.467 e. The van der Waals surface area contributed by atoms with E-state index in [2.05, 4.69) is 5.32 Å². The first kappa shape index (κ1) is 21.8. The summed E-state index contributed by atoms with van der Waals surface area (Å²) in [5, 5.41) is 15.1. The number of hydrogen-bond acceptors (Lipinski definition) is 6. The van der Waals surface area contributed by atoms with Crippen LogP contribution < -0.4 is 10.1 Å². The van der Waals surface area contributed by atoms with Crippen molar-refractivity contribution in [1.82, 2.24) is 4.90 Å². The predicted molar refractivity (Wildman–Crippen MR) is 117 cm³/mol. The Morgan fingerprint density at radius 3 is 2.84 bits per heavy atom. The van der Waals surface area contributed by atoms with Gasteiger partial charge in [0, 0.05) is 35.5 Å². The van der Waals surface area contributed by atoms with E-state index >= 15 is 0 Å².